The molecule has 4 heteroatoms. The van der Waals surface area contributed by atoms with Crippen molar-refractivity contribution < 1.29 is 0 Å². The molecular weight excluding hydrogens is 200 g/mol. The van der Waals surface area contributed by atoms with Gasteiger partial charge in [0.15, 0.2) is 0 Å². The number of rotatable bonds is 3. The van der Waals surface area contributed by atoms with Gasteiger partial charge < -0.3 is 10.3 Å². The van der Waals surface area contributed by atoms with Crippen LogP contribution in [0.5, 0.6) is 0 Å². The maximum Gasteiger partial charge on any atom is 0.0922 e. The molecule has 2 saturated heterocycles. The molecule has 1 aromatic rings. The van der Waals surface area contributed by atoms with Crippen molar-refractivity contribution in [3.05, 3.63) is 18.2 Å². The van der Waals surface area contributed by atoms with Crippen LogP contribution in [0.3, 0.4) is 0 Å². The van der Waals surface area contributed by atoms with E-state index >= 15 is 0 Å². The van der Waals surface area contributed by atoms with Crippen molar-refractivity contribution in [2.45, 2.75) is 25.9 Å². The van der Waals surface area contributed by atoms with Crippen molar-refractivity contribution in [3.8, 4) is 0 Å². The third-order valence-corrected chi connectivity index (χ3v) is 4.17. The van der Waals surface area contributed by atoms with Crippen LogP contribution in [-0.4, -0.2) is 40.5 Å². The minimum atomic E-state index is 0.753. The van der Waals surface area contributed by atoms with Crippen LogP contribution in [0.2, 0.25) is 0 Å². The van der Waals surface area contributed by atoms with Crippen LogP contribution in [0, 0.1) is 11.8 Å². The zero-order chi connectivity index (χ0) is 11.0. The van der Waals surface area contributed by atoms with Crippen molar-refractivity contribution in [2.75, 3.05) is 19.6 Å². The molecule has 3 rings (SSSR count). The lowest BCUT2D eigenvalue weighted by Crippen LogP contribution is -2.34. The molecule has 3 atom stereocenters. The summed E-state index contributed by atoms with van der Waals surface area (Å²) < 4.78 is 0. The number of nitrogens with zero attached hydrogens (tertiary/aromatic N) is 2. The molecule has 2 fully saturated rings. The Morgan fingerprint density at radius 3 is 3.19 bits per heavy atom. The molecule has 3 unspecified atom stereocenters. The predicted octanol–water partition coefficient (Wildman–Crippen LogP) is 0.839. The van der Waals surface area contributed by atoms with Gasteiger partial charge in [-0.05, 0) is 31.3 Å². The number of H-pyrrole nitrogens is 1. The molecule has 0 spiro atoms. The highest BCUT2D eigenvalue weighted by atomic mass is 15.2. The van der Waals surface area contributed by atoms with E-state index in [4.69, 9.17) is 0 Å². The van der Waals surface area contributed by atoms with Gasteiger partial charge in [-0.1, -0.05) is 6.92 Å². The van der Waals surface area contributed by atoms with Crippen molar-refractivity contribution in [2.24, 2.45) is 11.8 Å². The van der Waals surface area contributed by atoms with Crippen molar-refractivity contribution in [1.29, 1.82) is 0 Å². The molecule has 0 amide bonds. The van der Waals surface area contributed by atoms with E-state index in [1.807, 2.05) is 6.20 Å². The van der Waals surface area contributed by atoms with Gasteiger partial charge in [-0.15, -0.1) is 0 Å². The van der Waals surface area contributed by atoms with Gasteiger partial charge >= 0.3 is 0 Å². The van der Waals surface area contributed by atoms with E-state index in [0.29, 0.717) is 0 Å². The van der Waals surface area contributed by atoms with Gasteiger partial charge in [-0.25, -0.2) is 4.98 Å². The second-order valence-electron chi connectivity index (χ2n) is 5.06. The number of fused-ring (bicyclic) bond motifs is 1. The van der Waals surface area contributed by atoms with Crippen LogP contribution in [0.1, 0.15) is 19.0 Å². The quantitative estimate of drug-likeness (QED) is 0.793. The Morgan fingerprint density at radius 2 is 2.44 bits per heavy atom. The Kier molecular flexibility index (Phi) is 2.69. The summed E-state index contributed by atoms with van der Waals surface area (Å²) >= 11 is 0. The lowest BCUT2D eigenvalue weighted by molar-refractivity contribution is 0.208. The summed E-state index contributed by atoms with van der Waals surface area (Å²) in [5.74, 6) is 1.74. The van der Waals surface area contributed by atoms with Crippen LogP contribution in [0.15, 0.2) is 12.5 Å². The molecule has 0 radical (unpaired) electrons. The van der Waals surface area contributed by atoms with E-state index in [2.05, 4.69) is 27.1 Å². The molecular formula is C12H20N4. The normalized spacial score (nSPS) is 34.4. The van der Waals surface area contributed by atoms with Gasteiger partial charge in [0.25, 0.3) is 0 Å². The van der Waals surface area contributed by atoms with Gasteiger partial charge in [0, 0.05) is 31.0 Å². The number of hydrogen-bond donors (Lipinski definition) is 2. The number of aromatic nitrogens is 2. The summed E-state index contributed by atoms with van der Waals surface area (Å²) in [5, 5.41) is 3.52. The van der Waals surface area contributed by atoms with Crippen molar-refractivity contribution >= 4 is 0 Å². The molecule has 4 nitrogen and oxygen atoms in total. The molecule has 0 aromatic carbocycles. The highest BCUT2D eigenvalue weighted by molar-refractivity contribution is 5.02. The number of nitrogens with one attached hydrogen (secondary N) is 2. The fourth-order valence-corrected chi connectivity index (χ4v) is 3.44. The Bertz CT molecular complexity index is 335. The van der Waals surface area contributed by atoms with Crippen LogP contribution in [-0.2, 0) is 6.54 Å². The largest absolute Gasteiger partial charge is 0.347 e. The number of likely N-dealkylation sites (tertiary alicyclic amines) is 1. The van der Waals surface area contributed by atoms with E-state index < -0.39 is 0 Å². The average Bonchev–Trinajstić information content (AvgIpc) is 2.93. The monoisotopic (exact) mass is 220 g/mol. The van der Waals surface area contributed by atoms with Gasteiger partial charge in [-0.2, -0.15) is 0 Å². The highest BCUT2D eigenvalue weighted by Crippen LogP contribution is 2.34. The average molecular weight is 220 g/mol. The van der Waals surface area contributed by atoms with E-state index in [0.717, 1.165) is 24.4 Å². The van der Waals surface area contributed by atoms with E-state index in [1.165, 1.54) is 31.7 Å². The fourth-order valence-electron chi connectivity index (χ4n) is 3.44. The number of hydrogen-bond acceptors (Lipinski definition) is 3. The highest BCUT2D eigenvalue weighted by Gasteiger charge is 2.42. The lowest BCUT2D eigenvalue weighted by atomic mass is 9.93. The molecule has 2 N–H and O–H groups in total. The zero-order valence-electron chi connectivity index (χ0n) is 9.82. The third kappa shape index (κ3) is 1.66. The molecule has 3 heterocycles. The second kappa shape index (κ2) is 4.18. The maximum absolute atomic E-state index is 4.09. The Hall–Kier alpha value is -0.870. The summed E-state index contributed by atoms with van der Waals surface area (Å²) in [7, 11) is 0. The van der Waals surface area contributed by atoms with Gasteiger partial charge in [0.1, 0.15) is 0 Å². The SMILES string of the molecule is CCC1C2CNCC2CN1Cc1cnc[nH]1. The zero-order valence-corrected chi connectivity index (χ0v) is 9.82. The first-order chi connectivity index (χ1) is 7.88. The Morgan fingerprint density at radius 1 is 1.50 bits per heavy atom. The minimum absolute atomic E-state index is 0.753. The number of aromatic amines is 1. The molecule has 88 valence electrons. The van der Waals surface area contributed by atoms with Crippen LogP contribution in [0.25, 0.3) is 0 Å². The lowest BCUT2D eigenvalue weighted by Gasteiger charge is -2.26. The summed E-state index contributed by atoms with van der Waals surface area (Å²) in [4.78, 5) is 9.93. The molecule has 16 heavy (non-hydrogen) atoms. The minimum Gasteiger partial charge on any atom is -0.347 e. The van der Waals surface area contributed by atoms with E-state index in [1.54, 1.807) is 6.33 Å². The predicted molar refractivity (Wildman–Crippen MR) is 62.9 cm³/mol. The fraction of sp³-hybridized carbons (Fsp3) is 0.750. The summed E-state index contributed by atoms with van der Waals surface area (Å²) in [5.41, 5.74) is 1.24. The van der Waals surface area contributed by atoms with E-state index in [-0.39, 0.29) is 0 Å². The standard InChI is InChI=1S/C12H20N4/c1-2-12-11-5-13-3-9(11)6-16(12)7-10-4-14-8-15-10/h4,8-9,11-13H,2-3,5-7H2,1H3,(H,14,15). The topological polar surface area (TPSA) is 44.0 Å². The Balaban J connectivity index is 1.71. The van der Waals surface area contributed by atoms with Gasteiger partial charge in [-0.3, -0.25) is 4.90 Å². The number of imidazole rings is 1. The first-order valence-corrected chi connectivity index (χ1v) is 6.30. The molecule has 1 aromatic heterocycles. The van der Waals surface area contributed by atoms with Crippen molar-refractivity contribution in [1.82, 2.24) is 20.2 Å². The first kappa shape index (κ1) is 10.3. The molecule has 2 aliphatic rings. The second-order valence-corrected chi connectivity index (χ2v) is 5.06. The first-order valence-electron chi connectivity index (χ1n) is 6.30. The van der Waals surface area contributed by atoms with Crippen LogP contribution >= 0.6 is 0 Å². The summed E-state index contributed by atoms with van der Waals surface area (Å²) in [6, 6.07) is 0.753. The summed E-state index contributed by atoms with van der Waals surface area (Å²) in [6.07, 6.45) is 4.98. The molecule has 0 aliphatic carbocycles. The van der Waals surface area contributed by atoms with Crippen molar-refractivity contribution in [3.63, 3.8) is 0 Å². The molecule has 2 aliphatic heterocycles. The third-order valence-electron chi connectivity index (χ3n) is 4.17. The van der Waals surface area contributed by atoms with Gasteiger partial charge in [0.2, 0.25) is 0 Å². The smallest absolute Gasteiger partial charge is 0.0922 e. The molecule has 0 saturated carbocycles. The maximum atomic E-state index is 4.09. The van der Waals surface area contributed by atoms with E-state index in [9.17, 15) is 0 Å². The van der Waals surface area contributed by atoms with Crippen LogP contribution < -0.4 is 5.32 Å². The Labute approximate surface area is 96.4 Å². The summed E-state index contributed by atoms with van der Waals surface area (Å²) in [6.45, 7) is 7.01. The van der Waals surface area contributed by atoms with Crippen LogP contribution in [0.4, 0.5) is 0 Å². The molecule has 0 bridgehead atoms. The van der Waals surface area contributed by atoms with Gasteiger partial charge in [0.05, 0.1) is 6.33 Å².